The quantitative estimate of drug-likeness (QED) is 0.622. The maximum atomic E-state index is 14.2. The maximum Gasteiger partial charge on any atom is 0.307 e. The van der Waals surface area contributed by atoms with Crippen LogP contribution in [0.3, 0.4) is 0 Å². The van der Waals surface area contributed by atoms with Crippen molar-refractivity contribution in [2.75, 3.05) is 33.3 Å². The van der Waals surface area contributed by atoms with Crippen LogP contribution in [0.25, 0.3) is 0 Å². The van der Waals surface area contributed by atoms with Crippen molar-refractivity contribution in [3.05, 3.63) is 65.7 Å². The molecule has 8 nitrogen and oxygen atoms in total. The van der Waals surface area contributed by atoms with E-state index in [0.717, 1.165) is 5.56 Å². The second kappa shape index (κ2) is 10.6. The van der Waals surface area contributed by atoms with Gasteiger partial charge in [-0.1, -0.05) is 12.1 Å². The van der Waals surface area contributed by atoms with Crippen molar-refractivity contribution in [2.45, 2.75) is 19.1 Å². The van der Waals surface area contributed by atoms with Crippen molar-refractivity contribution < 1.29 is 28.2 Å². The van der Waals surface area contributed by atoms with Gasteiger partial charge in [-0.15, -0.1) is 0 Å². The number of benzene rings is 1. The summed E-state index contributed by atoms with van der Waals surface area (Å²) in [5, 5.41) is 0. The third-order valence-corrected chi connectivity index (χ3v) is 4.97. The van der Waals surface area contributed by atoms with Gasteiger partial charge in [0.05, 0.1) is 31.8 Å². The lowest BCUT2D eigenvalue weighted by atomic mass is 10.1. The normalized spacial score (nSPS) is 16.7. The molecule has 0 spiro atoms. The number of rotatable bonds is 7. The molecule has 0 bridgehead atoms. The zero-order chi connectivity index (χ0) is 22.2. The Morgan fingerprint density at radius 3 is 2.61 bits per heavy atom. The number of ether oxygens (including phenoxy) is 2. The van der Waals surface area contributed by atoms with Gasteiger partial charge in [-0.25, -0.2) is 4.39 Å². The minimum Gasteiger partial charge on any atom is -0.469 e. The Morgan fingerprint density at radius 1 is 1.16 bits per heavy atom. The molecule has 2 amide bonds. The fraction of sp³-hybridized carbons (Fsp3) is 0.364. The lowest BCUT2D eigenvalue weighted by Crippen LogP contribution is -2.40. The first kappa shape index (κ1) is 22.4. The van der Waals surface area contributed by atoms with Crippen LogP contribution >= 0.6 is 0 Å². The Bertz CT molecular complexity index is 924. The van der Waals surface area contributed by atoms with Crippen LogP contribution in [0, 0.1) is 5.82 Å². The Kier molecular flexibility index (Phi) is 7.66. The summed E-state index contributed by atoms with van der Waals surface area (Å²) >= 11 is 0. The summed E-state index contributed by atoms with van der Waals surface area (Å²) in [5.41, 5.74) is 0.782. The van der Waals surface area contributed by atoms with Gasteiger partial charge in [0.25, 0.3) is 5.91 Å². The average molecular weight is 429 g/mol. The third kappa shape index (κ3) is 6.08. The number of pyridine rings is 1. The molecule has 2 heterocycles. The number of aromatic nitrogens is 1. The van der Waals surface area contributed by atoms with Gasteiger partial charge in [0.2, 0.25) is 5.91 Å². The Balaban J connectivity index is 1.77. The number of hydrogen-bond donors (Lipinski definition) is 0. The summed E-state index contributed by atoms with van der Waals surface area (Å²) in [4.78, 5) is 44.0. The van der Waals surface area contributed by atoms with E-state index in [0.29, 0.717) is 0 Å². The fourth-order valence-electron chi connectivity index (χ4n) is 3.28. The van der Waals surface area contributed by atoms with Gasteiger partial charge in [0.15, 0.2) is 0 Å². The smallest absolute Gasteiger partial charge is 0.307 e. The molecular formula is C22H24FN3O5. The van der Waals surface area contributed by atoms with Crippen LogP contribution in [0.5, 0.6) is 0 Å². The Morgan fingerprint density at radius 2 is 1.90 bits per heavy atom. The number of carbonyl (C=O) groups is 3. The van der Waals surface area contributed by atoms with Gasteiger partial charge in [-0.3, -0.25) is 19.4 Å². The second-order valence-corrected chi connectivity index (χ2v) is 7.12. The standard InChI is InChI=1S/C22H24FN3O5/c1-30-21(28)8-11-25-12-17(31-15-16-6-9-24-10-7-16)13-26(14-20(25)27)22(29)18-4-2-3-5-19(18)23/h2-7,9-10,17H,8,11-15H2,1H3/t17-/m1/s1. The average Bonchev–Trinajstić information content (AvgIpc) is 2.95. The largest absolute Gasteiger partial charge is 0.469 e. The molecule has 0 radical (unpaired) electrons. The molecule has 1 aromatic carbocycles. The predicted octanol–water partition coefficient (Wildman–Crippen LogP) is 1.65. The zero-order valence-corrected chi connectivity index (χ0v) is 17.2. The van der Waals surface area contributed by atoms with Gasteiger partial charge in [0, 0.05) is 32.0 Å². The van der Waals surface area contributed by atoms with Crippen LogP contribution < -0.4 is 0 Å². The molecule has 1 aromatic heterocycles. The van der Waals surface area contributed by atoms with Crippen molar-refractivity contribution >= 4 is 17.8 Å². The lowest BCUT2D eigenvalue weighted by Gasteiger charge is -2.24. The summed E-state index contributed by atoms with van der Waals surface area (Å²) in [6.45, 7) is 0.473. The first-order valence-corrected chi connectivity index (χ1v) is 9.87. The molecule has 1 aliphatic heterocycles. The number of nitrogens with zero attached hydrogens (tertiary/aromatic N) is 3. The zero-order valence-electron chi connectivity index (χ0n) is 17.2. The number of halogens is 1. The molecule has 1 atom stereocenters. The highest BCUT2D eigenvalue weighted by Crippen LogP contribution is 2.16. The Hall–Kier alpha value is -3.33. The van der Waals surface area contributed by atoms with Crippen molar-refractivity contribution in [1.29, 1.82) is 0 Å². The van der Waals surface area contributed by atoms with E-state index in [-0.39, 0.29) is 50.7 Å². The van der Waals surface area contributed by atoms with E-state index in [1.807, 2.05) is 0 Å². The van der Waals surface area contributed by atoms with E-state index in [4.69, 9.17) is 4.74 Å². The van der Waals surface area contributed by atoms with Crippen molar-refractivity contribution in [2.24, 2.45) is 0 Å². The van der Waals surface area contributed by atoms with E-state index >= 15 is 0 Å². The van der Waals surface area contributed by atoms with E-state index < -0.39 is 23.8 Å². The molecule has 1 saturated heterocycles. The summed E-state index contributed by atoms with van der Waals surface area (Å²) < 4.78 is 24.8. The molecule has 0 saturated carbocycles. The number of carbonyl (C=O) groups excluding carboxylic acids is 3. The number of esters is 1. The van der Waals surface area contributed by atoms with Crippen LogP contribution in [0.2, 0.25) is 0 Å². The molecule has 3 rings (SSSR count). The molecule has 0 aliphatic carbocycles. The van der Waals surface area contributed by atoms with E-state index in [2.05, 4.69) is 9.72 Å². The topological polar surface area (TPSA) is 89.0 Å². The molecule has 1 aliphatic rings. The highest BCUT2D eigenvalue weighted by Gasteiger charge is 2.32. The van der Waals surface area contributed by atoms with Crippen LogP contribution in [0.4, 0.5) is 4.39 Å². The second-order valence-electron chi connectivity index (χ2n) is 7.12. The molecule has 1 fully saturated rings. The summed E-state index contributed by atoms with van der Waals surface area (Å²) in [6.07, 6.45) is 2.80. The lowest BCUT2D eigenvalue weighted by molar-refractivity contribution is -0.142. The third-order valence-electron chi connectivity index (χ3n) is 4.97. The van der Waals surface area contributed by atoms with Gasteiger partial charge >= 0.3 is 5.97 Å². The van der Waals surface area contributed by atoms with Crippen LogP contribution in [-0.4, -0.2) is 72.0 Å². The van der Waals surface area contributed by atoms with E-state index in [1.165, 1.54) is 35.1 Å². The highest BCUT2D eigenvalue weighted by molar-refractivity contribution is 5.97. The molecular weight excluding hydrogens is 405 g/mol. The van der Waals surface area contributed by atoms with Crippen LogP contribution in [-0.2, 0) is 25.7 Å². The van der Waals surface area contributed by atoms with Gasteiger partial charge in [0.1, 0.15) is 12.4 Å². The molecule has 0 unspecified atom stereocenters. The SMILES string of the molecule is COC(=O)CCN1C[C@@H](OCc2ccncc2)CN(C(=O)c2ccccc2F)CC1=O. The highest BCUT2D eigenvalue weighted by atomic mass is 19.1. The molecule has 164 valence electrons. The number of methoxy groups -OCH3 is 1. The van der Waals surface area contributed by atoms with E-state index in [1.54, 1.807) is 30.6 Å². The first-order chi connectivity index (χ1) is 15.0. The minimum atomic E-state index is -0.652. The number of amides is 2. The molecule has 0 N–H and O–H groups in total. The Labute approximate surface area is 179 Å². The minimum absolute atomic E-state index is 0.0283. The summed E-state index contributed by atoms with van der Waals surface area (Å²) in [5.74, 6) is -2.02. The van der Waals surface area contributed by atoms with Crippen LogP contribution in [0.1, 0.15) is 22.3 Å². The van der Waals surface area contributed by atoms with Crippen molar-refractivity contribution in [3.63, 3.8) is 0 Å². The number of hydrogen-bond acceptors (Lipinski definition) is 6. The maximum absolute atomic E-state index is 14.2. The predicted molar refractivity (Wildman–Crippen MR) is 108 cm³/mol. The summed E-state index contributed by atoms with van der Waals surface area (Å²) in [7, 11) is 1.28. The summed E-state index contributed by atoms with van der Waals surface area (Å²) in [6, 6.07) is 9.26. The van der Waals surface area contributed by atoms with Crippen molar-refractivity contribution in [1.82, 2.24) is 14.8 Å². The fourth-order valence-corrected chi connectivity index (χ4v) is 3.28. The first-order valence-electron chi connectivity index (χ1n) is 9.87. The van der Waals surface area contributed by atoms with Gasteiger partial charge < -0.3 is 19.3 Å². The van der Waals surface area contributed by atoms with Gasteiger partial charge in [-0.2, -0.15) is 0 Å². The van der Waals surface area contributed by atoms with Gasteiger partial charge in [-0.05, 0) is 29.8 Å². The van der Waals surface area contributed by atoms with E-state index in [9.17, 15) is 18.8 Å². The molecule has 2 aromatic rings. The van der Waals surface area contributed by atoms with Crippen LogP contribution in [0.15, 0.2) is 48.8 Å². The van der Waals surface area contributed by atoms with Crippen molar-refractivity contribution in [3.8, 4) is 0 Å². The monoisotopic (exact) mass is 429 g/mol. The molecule has 31 heavy (non-hydrogen) atoms. The molecule has 9 heteroatoms.